The predicted octanol–water partition coefficient (Wildman–Crippen LogP) is 4.28. The summed E-state index contributed by atoms with van der Waals surface area (Å²) in [5.74, 6) is -0.0874. The number of hydrogen-bond acceptors (Lipinski definition) is 2. The van der Waals surface area contributed by atoms with Gasteiger partial charge in [0.2, 0.25) is 0 Å². The van der Waals surface area contributed by atoms with Crippen LogP contribution in [0.5, 0.6) is 5.75 Å². The van der Waals surface area contributed by atoms with Crippen LogP contribution in [0.1, 0.15) is 11.1 Å². The molecule has 2 aromatic rings. The van der Waals surface area contributed by atoms with Gasteiger partial charge >= 0.3 is 0 Å². The Hall–Kier alpha value is -1.10. The summed E-state index contributed by atoms with van der Waals surface area (Å²) in [6.45, 7) is 0.820. The van der Waals surface area contributed by atoms with E-state index in [-0.39, 0.29) is 5.02 Å². The zero-order valence-corrected chi connectivity index (χ0v) is 12.3. The van der Waals surface area contributed by atoms with Crippen LogP contribution >= 0.6 is 27.5 Å². The van der Waals surface area contributed by atoms with Crippen LogP contribution < -0.4 is 10.5 Å². The molecule has 0 aliphatic rings. The van der Waals surface area contributed by atoms with Crippen LogP contribution in [0.15, 0.2) is 40.9 Å². The first-order valence-corrected chi connectivity index (χ1v) is 6.82. The van der Waals surface area contributed by atoms with Gasteiger partial charge in [-0.2, -0.15) is 0 Å². The van der Waals surface area contributed by atoms with Gasteiger partial charge in [-0.05, 0) is 33.1 Å². The van der Waals surface area contributed by atoms with Crippen molar-refractivity contribution < 1.29 is 9.13 Å². The molecule has 0 fully saturated rings. The van der Waals surface area contributed by atoms with Crippen LogP contribution in [0.2, 0.25) is 5.02 Å². The van der Waals surface area contributed by atoms with Gasteiger partial charge in [0, 0.05) is 12.6 Å². The van der Waals surface area contributed by atoms with E-state index in [1.807, 2.05) is 24.3 Å². The molecule has 5 heteroatoms. The van der Waals surface area contributed by atoms with E-state index >= 15 is 0 Å². The van der Waals surface area contributed by atoms with Crippen molar-refractivity contribution >= 4 is 27.5 Å². The maximum absolute atomic E-state index is 13.4. The van der Waals surface area contributed by atoms with Crippen LogP contribution in [-0.4, -0.2) is 0 Å². The molecule has 0 saturated heterocycles. The van der Waals surface area contributed by atoms with E-state index in [9.17, 15) is 4.39 Å². The lowest BCUT2D eigenvalue weighted by Crippen LogP contribution is -2.00. The lowest BCUT2D eigenvalue weighted by Gasteiger charge is -2.10. The van der Waals surface area contributed by atoms with Gasteiger partial charge < -0.3 is 10.5 Å². The molecule has 100 valence electrons. The van der Waals surface area contributed by atoms with Crippen LogP contribution in [0.3, 0.4) is 0 Å². The van der Waals surface area contributed by atoms with E-state index in [0.29, 0.717) is 23.4 Å². The second-order valence-electron chi connectivity index (χ2n) is 4.01. The van der Waals surface area contributed by atoms with Gasteiger partial charge in [0.1, 0.15) is 18.2 Å². The molecule has 2 aromatic carbocycles. The van der Waals surface area contributed by atoms with E-state index in [1.54, 1.807) is 0 Å². The minimum atomic E-state index is -0.504. The Labute approximate surface area is 124 Å². The zero-order valence-electron chi connectivity index (χ0n) is 10.00. The first-order valence-electron chi connectivity index (χ1n) is 5.65. The fourth-order valence-electron chi connectivity index (χ4n) is 1.62. The Bertz CT molecular complexity index is 592. The normalized spacial score (nSPS) is 10.5. The molecule has 0 bridgehead atoms. The van der Waals surface area contributed by atoms with Crippen molar-refractivity contribution in [2.24, 2.45) is 5.73 Å². The fourth-order valence-corrected chi connectivity index (χ4v) is 2.38. The molecule has 0 aliphatic heterocycles. The minimum absolute atomic E-state index is 0.0596. The van der Waals surface area contributed by atoms with Gasteiger partial charge in [0.15, 0.2) is 0 Å². The number of nitrogens with two attached hydrogens (primary N) is 1. The van der Waals surface area contributed by atoms with Gasteiger partial charge in [0.05, 0.1) is 9.50 Å². The summed E-state index contributed by atoms with van der Waals surface area (Å²) >= 11 is 8.96. The lowest BCUT2D eigenvalue weighted by atomic mass is 10.1. The molecule has 0 aliphatic carbocycles. The first-order chi connectivity index (χ1) is 9.10. The first kappa shape index (κ1) is 14.3. The summed E-state index contributed by atoms with van der Waals surface area (Å²) in [4.78, 5) is 0. The van der Waals surface area contributed by atoms with Gasteiger partial charge in [-0.15, -0.1) is 0 Å². The summed E-state index contributed by atoms with van der Waals surface area (Å²) < 4.78 is 19.5. The quantitative estimate of drug-likeness (QED) is 0.840. The van der Waals surface area contributed by atoms with Crippen molar-refractivity contribution in [1.82, 2.24) is 0 Å². The average Bonchev–Trinajstić information content (AvgIpc) is 2.41. The monoisotopic (exact) mass is 343 g/mol. The van der Waals surface area contributed by atoms with E-state index in [4.69, 9.17) is 22.1 Å². The maximum atomic E-state index is 13.4. The molecule has 2 N–H and O–H groups in total. The molecule has 2 rings (SSSR count). The molecular formula is C14H12BrClFNO. The zero-order chi connectivity index (χ0) is 13.8. The highest BCUT2D eigenvalue weighted by Gasteiger charge is 2.08. The third kappa shape index (κ3) is 3.69. The molecule has 0 spiro atoms. The largest absolute Gasteiger partial charge is 0.488 e. The second-order valence-corrected chi connectivity index (χ2v) is 5.27. The molecular weight excluding hydrogens is 333 g/mol. The van der Waals surface area contributed by atoms with Crippen molar-refractivity contribution in [2.45, 2.75) is 13.2 Å². The third-order valence-corrected chi connectivity index (χ3v) is 3.51. The van der Waals surface area contributed by atoms with Gasteiger partial charge in [-0.3, -0.25) is 0 Å². The topological polar surface area (TPSA) is 35.2 Å². The van der Waals surface area contributed by atoms with Crippen molar-refractivity contribution in [2.75, 3.05) is 0 Å². The molecule has 0 saturated carbocycles. The highest BCUT2D eigenvalue weighted by atomic mass is 79.9. The molecule has 0 radical (unpaired) electrons. The third-order valence-electron chi connectivity index (χ3n) is 2.60. The summed E-state index contributed by atoms with van der Waals surface area (Å²) in [6.07, 6.45) is 0. The van der Waals surface area contributed by atoms with E-state index in [0.717, 1.165) is 11.1 Å². The van der Waals surface area contributed by atoms with E-state index in [1.165, 1.54) is 12.1 Å². The Morgan fingerprint density at radius 2 is 1.95 bits per heavy atom. The molecule has 2 nitrogen and oxygen atoms in total. The molecule has 0 unspecified atom stereocenters. The molecule has 0 heterocycles. The molecule has 0 aromatic heterocycles. The van der Waals surface area contributed by atoms with Crippen LogP contribution in [0, 0.1) is 5.82 Å². The van der Waals surface area contributed by atoms with Gasteiger partial charge in [0.25, 0.3) is 0 Å². The minimum Gasteiger partial charge on any atom is -0.488 e. The predicted molar refractivity (Wildman–Crippen MR) is 77.8 cm³/mol. The van der Waals surface area contributed by atoms with E-state index in [2.05, 4.69) is 15.9 Å². The smallest absolute Gasteiger partial charge is 0.145 e. The van der Waals surface area contributed by atoms with Crippen molar-refractivity contribution in [3.8, 4) is 5.75 Å². The SMILES string of the molecule is NCc1cccc(COc2cc(F)c(Cl)cc2Br)c1. The fraction of sp³-hybridized carbons (Fsp3) is 0.143. The van der Waals surface area contributed by atoms with Crippen LogP contribution in [-0.2, 0) is 13.2 Å². The number of ether oxygens (including phenoxy) is 1. The summed E-state index contributed by atoms with van der Waals surface area (Å²) in [6, 6.07) is 10.5. The Morgan fingerprint density at radius 3 is 2.68 bits per heavy atom. The number of halogens is 3. The molecule has 19 heavy (non-hydrogen) atoms. The second kappa shape index (κ2) is 6.37. The summed E-state index contributed by atoms with van der Waals surface area (Å²) in [5, 5.41) is 0.0596. The molecule has 0 amide bonds. The Kier molecular flexibility index (Phi) is 4.80. The molecule has 0 atom stereocenters. The maximum Gasteiger partial charge on any atom is 0.145 e. The lowest BCUT2D eigenvalue weighted by molar-refractivity contribution is 0.302. The Morgan fingerprint density at radius 1 is 1.21 bits per heavy atom. The highest BCUT2D eigenvalue weighted by Crippen LogP contribution is 2.31. The Balaban J connectivity index is 2.12. The van der Waals surface area contributed by atoms with Crippen molar-refractivity contribution in [3.63, 3.8) is 0 Å². The number of benzene rings is 2. The van der Waals surface area contributed by atoms with Gasteiger partial charge in [-0.1, -0.05) is 35.9 Å². The van der Waals surface area contributed by atoms with Crippen molar-refractivity contribution in [3.05, 3.63) is 62.8 Å². The summed E-state index contributed by atoms with van der Waals surface area (Å²) in [5.41, 5.74) is 7.58. The van der Waals surface area contributed by atoms with Gasteiger partial charge in [-0.25, -0.2) is 4.39 Å². The number of hydrogen-bond donors (Lipinski definition) is 1. The van der Waals surface area contributed by atoms with Crippen molar-refractivity contribution in [1.29, 1.82) is 0 Å². The van der Waals surface area contributed by atoms with E-state index < -0.39 is 5.82 Å². The summed E-state index contributed by atoms with van der Waals surface area (Å²) in [7, 11) is 0. The van der Waals surface area contributed by atoms with Crippen LogP contribution in [0.4, 0.5) is 4.39 Å². The number of rotatable bonds is 4. The standard InChI is InChI=1S/C14H12BrClFNO/c15-11-5-12(16)13(17)6-14(11)19-8-10-3-1-2-9(4-10)7-18/h1-6H,7-8,18H2. The average molecular weight is 345 g/mol. The van der Waals surface area contributed by atoms with Crippen LogP contribution in [0.25, 0.3) is 0 Å². The highest BCUT2D eigenvalue weighted by molar-refractivity contribution is 9.10.